The maximum absolute atomic E-state index is 13.5. The number of carbonyl (C=O) groups excluding carboxylic acids is 2. The number of carbonyl (C=O) groups is 2. The molecule has 2 aromatic carbocycles. The lowest BCUT2D eigenvalue weighted by molar-refractivity contribution is -0.133. The van der Waals surface area contributed by atoms with E-state index in [-0.39, 0.29) is 17.5 Å². The maximum atomic E-state index is 13.5. The molecule has 0 radical (unpaired) electrons. The van der Waals surface area contributed by atoms with E-state index < -0.39 is 11.8 Å². The maximum Gasteiger partial charge on any atom is 0.322 e. The van der Waals surface area contributed by atoms with Gasteiger partial charge < -0.3 is 19.9 Å². The monoisotopic (exact) mass is 517 g/mol. The number of hydrogen-bond donors (Lipinski definition) is 1. The van der Waals surface area contributed by atoms with Crippen LogP contribution in [0.1, 0.15) is 23.8 Å². The van der Waals surface area contributed by atoms with E-state index in [0.29, 0.717) is 45.0 Å². The Kier molecular flexibility index (Phi) is 10.5. The van der Waals surface area contributed by atoms with Gasteiger partial charge in [0.25, 0.3) is 0 Å². The summed E-state index contributed by atoms with van der Waals surface area (Å²) in [5, 5.41) is 4.60. The fraction of sp³-hybridized carbons (Fsp3) is 0.308. The smallest absolute Gasteiger partial charge is 0.322 e. The number of halogens is 2. The van der Waals surface area contributed by atoms with Crippen LogP contribution in [0.25, 0.3) is 0 Å². The van der Waals surface area contributed by atoms with Crippen LogP contribution >= 0.6 is 22.9 Å². The third-order valence-electron chi connectivity index (χ3n) is 5.20. The fourth-order valence-corrected chi connectivity index (χ4v) is 4.32. The minimum Gasteiger partial charge on any atom is -0.382 e. The molecule has 1 aromatic heterocycles. The number of urea groups is 1. The van der Waals surface area contributed by atoms with E-state index in [9.17, 15) is 14.0 Å². The largest absolute Gasteiger partial charge is 0.382 e. The topological polar surface area (TPSA) is 61.9 Å². The van der Waals surface area contributed by atoms with Gasteiger partial charge in [-0.3, -0.25) is 4.79 Å². The van der Waals surface area contributed by atoms with Crippen LogP contribution in [0.5, 0.6) is 0 Å². The summed E-state index contributed by atoms with van der Waals surface area (Å²) in [6.45, 7) is 4.05. The number of anilines is 1. The van der Waals surface area contributed by atoms with Gasteiger partial charge in [0, 0.05) is 36.9 Å². The Bertz CT molecular complexity index is 1080. The van der Waals surface area contributed by atoms with Crippen molar-refractivity contribution in [1.29, 1.82) is 0 Å². The molecule has 3 rings (SSSR count). The minimum absolute atomic E-state index is 0.0910. The Morgan fingerprint density at radius 3 is 2.54 bits per heavy atom. The number of ether oxygens (including phenoxy) is 1. The van der Waals surface area contributed by atoms with Gasteiger partial charge in [-0.2, -0.15) is 0 Å². The van der Waals surface area contributed by atoms with Crippen molar-refractivity contribution in [3.63, 3.8) is 0 Å². The molecule has 0 atom stereocenters. The molecule has 0 aliphatic carbocycles. The number of amides is 3. The second kappa shape index (κ2) is 13.8. The van der Waals surface area contributed by atoms with Gasteiger partial charge in [-0.25, -0.2) is 9.18 Å². The lowest BCUT2D eigenvalue weighted by Gasteiger charge is -2.28. The third-order valence-corrected chi connectivity index (χ3v) is 6.35. The summed E-state index contributed by atoms with van der Waals surface area (Å²) < 4.78 is 18.9. The molecule has 0 aliphatic rings. The molecule has 186 valence electrons. The van der Waals surface area contributed by atoms with Crippen LogP contribution in [0, 0.1) is 5.82 Å². The van der Waals surface area contributed by atoms with Gasteiger partial charge in [0.15, 0.2) is 0 Å². The molecule has 9 heteroatoms. The van der Waals surface area contributed by atoms with Crippen molar-refractivity contribution in [2.75, 3.05) is 31.6 Å². The molecule has 0 saturated heterocycles. The quantitative estimate of drug-likeness (QED) is 0.298. The van der Waals surface area contributed by atoms with E-state index in [1.165, 1.54) is 23.1 Å². The van der Waals surface area contributed by atoms with E-state index in [4.69, 9.17) is 16.3 Å². The first kappa shape index (κ1) is 26.7. The van der Waals surface area contributed by atoms with Crippen molar-refractivity contribution in [3.8, 4) is 0 Å². The Hall–Kier alpha value is -2.94. The van der Waals surface area contributed by atoms with E-state index in [0.717, 1.165) is 10.4 Å². The highest BCUT2D eigenvalue weighted by Crippen LogP contribution is 2.20. The van der Waals surface area contributed by atoms with Crippen LogP contribution in [-0.4, -0.2) is 48.0 Å². The Balaban J connectivity index is 1.74. The molecular weight excluding hydrogens is 489 g/mol. The summed E-state index contributed by atoms with van der Waals surface area (Å²) in [5.74, 6) is -0.746. The number of rotatable bonds is 12. The number of benzene rings is 2. The summed E-state index contributed by atoms with van der Waals surface area (Å²) in [5.41, 5.74) is 1.36. The molecular formula is C26H29ClFN3O3S. The predicted octanol–water partition coefficient (Wildman–Crippen LogP) is 6.03. The van der Waals surface area contributed by atoms with E-state index in [1.807, 2.05) is 54.8 Å². The van der Waals surface area contributed by atoms with Crippen molar-refractivity contribution in [3.05, 3.63) is 87.3 Å². The number of hydrogen-bond acceptors (Lipinski definition) is 4. The molecule has 0 saturated carbocycles. The van der Waals surface area contributed by atoms with Crippen molar-refractivity contribution in [2.45, 2.75) is 26.4 Å². The standard InChI is InChI=1S/C26H29ClFN3O3S/c1-2-34-14-7-13-30(26(33)29-21-11-12-24(28)23(27)16-21)19-25(32)31(18-22-10-6-15-35-22)17-20-8-4-3-5-9-20/h3-6,8-12,15-16H,2,7,13-14,17-19H2,1H3,(H,29,33). The lowest BCUT2D eigenvalue weighted by atomic mass is 10.2. The SMILES string of the molecule is CCOCCCN(CC(=O)N(Cc1ccccc1)Cc1cccs1)C(=O)Nc1ccc(F)c(Cl)c1. The number of thiophene rings is 1. The average molecular weight is 518 g/mol. The molecule has 3 aromatic rings. The Morgan fingerprint density at radius 2 is 1.86 bits per heavy atom. The van der Waals surface area contributed by atoms with Crippen LogP contribution in [-0.2, 0) is 22.6 Å². The summed E-state index contributed by atoms with van der Waals surface area (Å²) in [6.07, 6.45) is 0.572. The molecule has 3 amide bonds. The van der Waals surface area contributed by atoms with Crippen LogP contribution in [0.2, 0.25) is 5.02 Å². The highest BCUT2D eigenvalue weighted by Gasteiger charge is 2.22. The zero-order chi connectivity index (χ0) is 25.0. The zero-order valence-corrected chi connectivity index (χ0v) is 21.2. The molecule has 0 unspecified atom stereocenters. The first-order valence-corrected chi connectivity index (χ1v) is 12.6. The average Bonchev–Trinajstić information content (AvgIpc) is 3.36. The second-order valence-corrected chi connectivity index (χ2v) is 9.29. The second-order valence-electron chi connectivity index (χ2n) is 7.85. The minimum atomic E-state index is -0.571. The normalized spacial score (nSPS) is 10.7. The zero-order valence-electron chi connectivity index (χ0n) is 19.6. The van der Waals surface area contributed by atoms with Crippen molar-refractivity contribution < 1.29 is 18.7 Å². The molecule has 0 bridgehead atoms. The summed E-state index contributed by atoms with van der Waals surface area (Å²) in [4.78, 5) is 30.8. The molecule has 1 N–H and O–H groups in total. The first-order chi connectivity index (χ1) is 17.0. The van der Waals surface area contributed by atoms with E-state index in [2.05, 4.69) is 5.32 Å². The fourth-order valence-electron chi connectivity index (χ4n) is 3.42. The molecule has 35 heavy (non-hydrogen) atoms. The third kappa shape index (κ3) is 8.65. The Morgan fingerprint density at radius 1 is 1.06 bits per heavy atom. The van der Waals surface area contributed by atoms with Crippen molar-refractivity contribution in [2.24, 2.45) is 0 Å². The van der Waals surface area contributed by atoms with Gasteiger partial charge >= 0.3 is 6.03 Å². The van der Waals surface area contributed by atoms with Gasteiger partial charge in [-0.05, 0) is 48.6 Å². The van der Waals surface area contributed by atoms with Crippen LogP contribution in [0.3, 0.4) is 0 Å². The summed E-state index contributed by atoms with van der Waals surface area (Å²) in [6, 6.07) is 17.2. The first-order valence-electron chi connectivity index (χ1n) is 11.4. The van der Waals surface area contributed by atoms with E-state index >= 15 is 0 Å². The number of nitrogens with one attached hydrogen (secondary N) is 1. The Labute approximate surface area is 214 Å². The highest BCUT2D eigenvalue weighted by atomic mass is 35.5. The van der Waals surface area contributed by atoms with Crippen LogP contribution in [0.15, 0.2) is 66.0 Å². The van der Waals surface area contributed by atoms with E-state index in [1.54, 1.807) is 16.2 Å². The lowest BCUT2D eigenvalue weighted by Crippen LogP contribution is -2.44. The number of nitrogens with zero attached hydrogens (tertiary/aromatic N) is 2. The highest BCUT2D eigenvalue weighted by molar-refractivity contribution is 7.09. The van der Waals surface area contributed by atoms with Crippen LogP contribution < -0.4 is 5.32 Å². The molecule has 0 fully saturated rings. The molecule has 0 aliphatic heterocycles. The molecule has 1 heterocycles. The predicted molar refractivity (Wildman–Crippen MR) is 138 cm³/mol. The van der Waals surface area contributed by atoms with Gasteiger partial charge in [0.2, 0.25) is 5.91 Å². The van der Waals surface area contributed by atoms with Gasteiger partial charge in [-0.1, -0.05) is 48.0 Å². The van der Waals surface area contributed by atoms with Crippen molar-refractivity contribution in [1.82, 2.24) is 9.80 Å². The van der Waals surface area contributed by atoms with Crippen LogP contribution in [0.4, 0.5) is 14.9 Å². The van der Waals surface area contributed by atoms with Gasteiger partial charge in [0.1, 0.15) is 12.4 Å². The molecule has 0 spiro atoms. The summed E-state index contributed by atoms with van der Waals surface area (Å²) >= 11 is 7.43. The van der Waals surface area contributed by atoms with Gasteiger partial charge in [-0.15, -0.1) is 11.3 Å². The van der Waals surface area contributed by atoms with Crippen molar-refractivity contribution >= 4 is 40.6 Å². The van der Waals surface area contributed by atoms with Gasteiger partial charge in [0.05, 0.1) is 11.6 Å². The molecule has 6 nitrogen and oxygen atoms in total. The summed E-state index contributed by atoms with van der Waals surface area (Å²) in [7, 11) is 0.